The van der Waals surface area contributed by atoms with Crippen molar-refractivity contribution in [3.8, 4) is 0 Å². The second-order valence-corrected chi connectivity index (χ2v) is 3.47. The van der Waals surface area contributed by atoms with E-state index in [1.54, 1.807) is 0 Å². The third-order valence-corrected chi connectivity index (χ3v) is 1.69. The minimum Gasteiger partial charge on any atom is -0.481 e. The van der Waals surface area contributed by atoms with Gasteiger partial charge in [-0.05, 0) is 13.8 Å². The van der Waals surface area contributed by atoms with Crippen LogP contribution in [-0.2, 0) is 4.79 Å². The van der Waals surface area contributed by atoms with Crippen LogP contribution in [0.25, 0.3) is 0 Å². The van der Waals surface area contributed by atoms with Gasteiger partial charge >= 0.3 is 0 Å². The lowest BCUT2D eigenvalue weighted by Gasteiger charge is -2.26. The summed E-state index contributed by atoms with van der Waals surface area (Å²) < 4.78 is 0. The summed E-state index contributed by atoms with van der Waals surface area (Å²) in [6, 6.07) is 0. The van der Waals surface area contributed by atoms with Crippen molar-refractivity contribution in [3.63, 3.8) is 0 Å². The molecule has 0 fully saturated rings. The summed E-state index contributed by atoms with van der Waals surface area (Å²) >= 11 is 0. The molecule has 0 aliphatic carbocycles. The Bertz CT molecular complexity index is 174. The first-order valence-electron chi connectivity index (χ1n) is 4.71. The van der Waals surface area contributed by atoms with Gasteiger partial charge in [-0.3, -0.25) is 4.79 Å². The maximum Gasteiger partial charge on any atom is 0.300 e. The molecule has 0 aromatic carbocycles. The van der Waals surface area contributed by atoms with Gasteiger partial charge in [0.25, 0.3) is 5.97 Å². The minimum atomic E-state index is -1.54. The van der Waals surface area contributed by atoms with E-state index < -0.39 is 36.5 Å². The summed E-state index contributed by atoms with van der Waals surface area (Å²) in [5.41, 5.74) is 0. The molecule has 0 aromatic rings. The van der Waals surface area contributed by atoms with E-state index in [2.05, 4.69) is 0 Å². The molecule has 7 nitrogen and oxygen atoms in total. The summed E-state index contributed by atoms with van der Waals surface area (Å²) in [5, 5.41) is 52.2. The highest BCUT2D eigenvalue weighted by Crippen LogP contribution is 2.07. The number of aliphatic hydroxyl groups excluding tert-OH is 5. The lowest BCUT2D eigenvalue weighted by molar-refractivity contribution is -0.134. The highest BCUT2D eigenvalue weighted by atomic mass is 16.4. The first-order chi connectivity index (χ1) is 7.11. The predicted molar refractivity (Wildman–Crippen MR) is 54.7 cm³/mol. The largest absolute Gasteiger partial charge is 0.481 e. The number of aliphatic hydroxyl groups is 5. The smallest absolute Gasteiger partial charge is 0.300 e. The van der Waals surface area contributed by atoms with Crippen molar-refractivity contribution < 1.29 is 35.4 Å². The van der Waals surface area contributed by atoms with Crippen molar-refractivity contribution >= 4 is 5.97 Å². The summed E-state index contributed by atoms with van der Waals surface area (Å²) in [6.07, 6.45) is -6.73. The van der Waals surface area contributed by atoms with Gasteiger partial charge in [-0.25, -0.2) is 0 Å². The van der Waals surface area contributed by atoms with Crippen LogP contribution in [0.15, 0.2) is 0 Å². The highest BCUT2D eigenvalue weighted by molar-refractivity contribution is 5.62. The summed E-state index contributed by atoms with van der Waals surface area (Å²) in [6.45, 7) is 3.64. The van der Waals surface area contributed by atoms with Gasteiger partial charge < -0.3 is 30.6 Å². The molecule has 0 amide bonds. The molecule has 0 spiro atoms. The molecule has 0 aliphatic rings. The van der Waals surface area contributed by atoms with E-state index in [9.17, 15) is 0 Å². The zero-order valence-electron chi connectivity index (χ0n) is 9.48. The van der Waals surface area contributed by atoms with E-state index in [-0.39, 0.29) is 0 Å². The second-order valence-electron chi connectivity index (χ2n) is 3.47. The Balaban J connectivity index is 0. The van der Waals surface area contributed by atoms with Gasteiger partial charge in [0.15, 0.2) is 0 Å². The minimum absolute atomic E-state index is 0.833. The van der Waals surface area contributed by atoms with Crippen molar-refractivity contribution in [2.75, 3.05) is 0 Å². The van der Waals surface area contributed by atoms with E-state index in [0.29, 0.717) is 0 Å². The van der Waals surface area contributed by atoms with Gasteiger partial charge in [-0.2, -0.15) is 0 Å². The number of carboxylic acid groups (broad SMARTS) is 1. The monoisotopic (exact) mass is 240 g/mol. The van der Waals surface area contributed by atoms with Crippen LogP contribution >= 0.6 is 0 Å². The number of carbonyl (C=O) groups is 1. The highest BCUT2D eigenvalue weighted by Gasteiger charge is 2.30. The Kier molecular flexibility index (Phi) is 9.30. The van der Waals surface area contributed by atoms with E-state index in [1.807, 2.05) is 0 Å². The van der Waals surface area contributed by atoms with Crippen molar-refractivity contribution in [3.05, 3.63) is 0 Å². The molecule has 0 aromatic heterocycles. The summed E-state index contributed by atoms with van der Waals surface area (Å²) in [4.78, 5) is 9.00. The fourth-order valence-electron chi connectivity index (χ4n) is 0.773. The second kappa shape index (κ2) is 8.43. The van der Waals surface area contributed by atoms with Crippen LogP contribution < -0.4 is 0 Å². The summed E-state index contributed by atoms with van der Waals surface area (Å²) in [7, 11) is 0. The number of rotatable bonds is 4. The van der Waals surface area contributed by atoms with Crippen LogP contribution in [0, 0.1) is 0 Å². The first-order valence-corrected chi connectivity index (χ1v) is 4.71. The topological polar surface area (TPSA) is 138 Å². The fraction of sp³-hybridized carbons (Fsp3) is 0.889. The molecule has 98 valence electrons. The maximum atomic E-state index is 9.11. The lowest BCUT2D eigenvalue weighted by Crippen LogP contribution is -2.47. The van der Waals surface area contributed by atoms with E-state index >= 15 is 0 Å². The predicted octanol–water partition coefficient (Wildman–Crippen LogP) is -2.08. The molecular formula is C9H20O7. The van der Waals surface area contributed by atoms with Crippen LogP contribution in [0.4, 0.5) is 0 Å². The lowest BCUT2D eigenvalue weighted by atomic mass is 10.0. The Morgan fingerprint density at radius 2 is 1.00 bits per heavy atom. The van der Waals surface area contributed by atoms with Gasteiger partial charge in [0.05, 0.1) is 12.2 Å². The van der Waals surface area contributed by atoms with Crippen molar-refractivity contribution in [1.29, 1.82) is 0 Å². The molecule has 5 atom stereocenters. The van der Waals surface area contributed by atoms with Crippen molar-refractivity contribution in [2.45, 2.75) is 51.3 Å². The molecule has 0 radical (unpaired) electrons. The molecule has 0 saturated heterocycles. The Morgan fingerprint density at radius 3 is 1.12 bits per heavy atom. The Labute approximate surface area is 93.6 Å². The maximum absolute atomic E-state index is 9.11. The first kappa shape index (κ1) is 17.7. The van der Waals surface area contributed by atoms with Crippen LogP contribution in [-0.4, -0.2) is 67.1 Å². The molecular weight excluding hydrogens is 220 g/mol. The number of hydrogen-bond donors (Lipinski definition) is 6. The number of aliphatic carboxylic acids is 1. The average Bonchev–Trinajstić information content (AvgIpc) is 2.13. The van der Waals surface area contributed by atoms with E-state index in [1.165, 1.54) is 13.8 Å². The van der Waals surface area contributed by atoms with Crippen molar-refractivity contribution in [2.24, 2.45) is 0 Å². The summed E-state index contributed by atoms with van der Waals surface area (Å²) in [5.74, 6) is -0.833. The van der Waals surface area contributed by atoms with Gasteiger partial charge in [0.1, 0.15) is 18.3 Å². The molecule has 16 heavy (non-hydrogen) atoms. The molecule has 0 bridgehead atoms. The molecule has 2 unspecified atom stereocenters. The van der Waals surface area contributed by atoms with E-state index in [4.69, 9.17) is 35.4 Å². The van der Waals surface area contributed by atoms with Crippen molar-refractivity contribution in [1.82, 2.24) is 0 Å². The zero-order valence-corrected chi connectivity index (χ0v) is 9.48. The Morgan fingerprint density at radius 1 is 0.812 bits per heavy atom. The Hall–Kier alpha value is -0.730. The third kappa shape index (κ3) is 8.57. The van der Waals surface area contributed by atoms with Gasteiger partial charge in [-0.1, -0.05) is 0 Å². The normalized spacial score (nSPS) is 19.8. The van der Waals surface area contributed by atoms with E-state index in [0.717, 1.165) is 6.92 Å². The standard InChI is InChI=1S/C7H16O5.C2H4O2/c1-3(8)5(10)7(12)6(11)4(2)9;1-2(3)4/h3-12H,1-2H3;1H3,(H,3,4)/t3-,4?,5-,6-,7?;/m0./s1. The van der Waals surface area contributed by atoms with Crippen LogP contribution in [0.3, 0.4) is 0 Å². The molecule has 0 rings (SSSR count). The van der Waals surface area contributed by atoms with Crippen LogP contribution in [0.2, 0.25) is 0 Å². The zero-order chi connectivity index (χ0) is 13.5. The molecule has 6 N–H and O–H groups in total. The number of hydrogen-bond acceptors (Lipinski definition) is 6. The average molecular weight is 240 g/mol. The van der Waals surface area contributed by atoms with Gasteiger partial charge in [0, 0.05) is 6.92 Å². The van der Waals surface area contributed by atoms with Gasteiger partial charge in [-0.15, -0.1) is 0 Å². The molecule has 7 heteroatoms. The van der Waals surface area contributed by atoms with Crippen LogP contribution in [0.5, 0.6) is 0 Å². The van der Waals surface area contributed by atoms with Gasteiger partial charge in [0.2, 0.25) is 0 Å². The quantitative estimate of drug-likeness (QED) is 0.331. The SMILES string of the molecule is CC(=O)O.CC(O)[C@H](O)C(O)[C@@H](O)[C@H](C)O. The molecule has 0 heterocycles. The number of carboxylic acids is 1. The fourth-order valence-corrected chi connectivity index (χ4v) is 0.773. The van der Waals surface area contributed by atoms with Crippen LogP contribution in [0.1, 0.15) is 20.8 Å². The molecule has 0 saturated carbocycles. The molecule has 0 aliphatic heterocycles. The third-order valence-electron chi connectivity index (χ3n) is 1.69.